The lowest BCUT2D eigenvalue weighted by Gasteiger charge is -2.38. The molecule has 3 unspecified atom stereocenters. The van der Waals surface area contributed by atoms with Crippen LogP contribution in [0.1, 0.15) is 37.0 Å². The van der Waals surface area contributed by atoms with Crippen molar-refractivity contribution in [3.8, 4) is 0 Å². The van der Waals surface area contributed by atoms with Crippen molar-refractivity contribution in [2.45, 2.75) is 44.9 Å². The summed E-state index contributed by atoms with van der Waals surface area (Å²) in [4.78, 5) is 14.6. The molecule has 2 fully saturated rings. The number of benzene rings is 1. The molecule has 2 aliphatic rings. The van der Waals surface area contributed by atoms with Crippen LogP contribution in [0.15, 0.2) is 24.3 Å². The number of nitrogens with one attached hydrogen (secondary N) is 1. The largest absolute Gasteiger partial charge is 0.377 e. The highest BCUT2D eigenvalue weighted by Gasteiger charge is 2.30. The van der Waals surface area contributed by atoms with E-state index >= 15 is 0 Å². The van der Waals surface area contributed by atoms with E-state index in [-0.39, 0.29) is 24.2 Å². The SMILES string of the molecule is Cc1ccccc1C1CN(C(=O)CNCC2CCCO2)C(C)CO1. The summed E-state index contributed by atoms with van der Waals surface area (Å²) in [6.45, 7) is 7.30. The third kappa shape index (κ3) is 4.15. The molecule has 1 aromatic rings. The Balaban J connectivity index is 1.55. The van der Waals surface area contributed by atoms with Crippen LogP contribution >= 0.6 is 0 Å². The maximum Gasteiger partial charge on any atom is 0.236 e. The molecule has 0 spiro atoms. The number of carbonyl (C=O) groups is 1. The Morgan fingerprint density at radius 3 is 2.92 bits per heavy atom. The summed E-state index contributed by atoms with van der Waals surface area (Å²) in [7, 11) is 0. The van der Waals surface area contributed by atoms with E-state index in [1.54, 1.807) is 0 Å². The van der Waals surface area contributed by atoms with Gasteiger partial charge in [0.2, 0.25) is 5.91 Å². The molecule has 0 radical (unpaired) electrons. The van der Waals surface area contributed by atoms with Crippen LogP contribution in [0.2, 0.25) is 0 Å². The second-order valence-electron chi connectivity index (χ2n) is 6.84. The highest BCUT2D eigenvalue weighted by molar-refractivity contribution is 5.78. The monoisotopic (exact) mass is 332 g/mol. The normalized spacial score (nSPS) is 27.4. The Morgan fingerprint density at radius 1 is 1.33 bits per heavy atom. The maximum atomic E-state index is 12.6. The Hall–Kier alpha value is -1.43. The summed E-state index contributed by atoms with van der Waals surface area (Å²) in [6.07, 6.45) is 2.44. The fourth-order valence-corrected chi connectivity index (χ4v) is 3.49. The molecule has 0 aromatic heterocycles. The van der Waals surface area contributed by atoms with Crippen LogP contribution in [-0.4, -0.2) is 55.8 Å². The fourth-order valence-electron chi connectivity index (χ4n) is 3.49. The zero-order valence-electron chi connectivity index (χ0n) is 14.7. The summed E-state index contributed by atoms with van der Waals surface area (Å²) in [5.74, 6) is 0.141. The predicted molar refractivity (Wildman–Crippen MR) is 92.9 cm³/mol. The summed E-state index contributed by atoms with van der Waals surface area (Å²) < 4.78 is 11.6. The minimum Gasteiger partial charge on any atom is -0.377 e. The van der Waals surface area contributed by atoms with Crippen LogP contribution < -0.4 is 5.32 Å². The molecule has 2 heterocycles. The van der Waals surface area contributed by atoms with Crippen molar-refractivity contribution in [2.75, 3.05) is 32.8 Å². The van der Waals surface area contributed by atoms with Crippen molar-refractivity contribution in [3.05, 3.63) is 35.4 Å². The smallest absolute Gasteiger partial charge is 0.236 e. The molecule has 0 saturated carbocycles. The zero-order valence-corrected chi connectivity index (χ0v) is 14.7. The molecular formula is C19H28N2O3. The molecule has 1 N–H and O–H groups in total. The van der Waals surface area contributed by atoms with E-state index in [4.69, 9.17) is 9.47 Å². The lowest BCUT2D eigenvalue weighted by molar-refractivity contribution is -0.143. The number of nitrogens with zero attached hydrogens (tertiary/aromatic N) is 1. The lowest BCUT2D eigenvalue weighted by Crippen LogP contribution is -2.51. The summed E-state index contributed by atoms with van der Waals surface area (Å²) in [5.41, 5.74) is 2.38. The Labute approximate surface area is 144 Å². The first-order valence-corrected chi connectivity index (χ1v) is 8.94. The molecular weight excluding hydrogens is 304 g/mol. The first kappa shape index (κ1) is 17.4. The Morgan fingerprint density at radius 2 is 2.17 bits per heavy atom. The minimum atomic E-state index is -0.0375. The number of hydrogen-bond donors (Lipinski definition) is 1. The molecule has 132 valence electrons. The van der Waals surface area contributed by atoms with Gasteiger partial charge in [-0.05, 0) is 37.8 Å². The van der Waals surface area contributed by atoms with Gasteiger partial charge in [-0.15, -0.1) is 0 Å². The predicted octanol–water partition coefficient (Wildman–Crippen LogP) is 2.05. The van der Waals surface area contributed by atoms with Crippen molar-refractivity contribution in [1.82, 2.24) is 10.2 Å². The Bertz CT molecular complexity index is 557. The van der Waals surface area contributed by atoms with Gasteiger partial charge in [-0.1, -0.05) is 24.3 Å². The van der Waals surface area contributed by atoms with Gasteiger partial charge in [-0.2, -0.15) is 0 Å². The van der Waals surface area contributed by atoms with Gasteiger partial charge in [-0.3, -0.25) is 4.79 Å². The van der Waals surface area contributed by atoms with Crippen LogP contribution in [0.25, 0.3) is 0 Å². The van der Waals surface area contributed by atoms with Crippen molar-refractivity contribution >= 4 is 5.91 Å². The van der Waals surface area contributed by atoms with E-state index in [1.807, 2.05) is 24.0 Å². The average Bonchev–Trinajstić information content (AvgIpc) is 3.09. The van der Waals surface area contributed by atoms with Gasteiger partial charge in [-0.25, -0.2) is 0 Å². The first-order valence-electron chi connectivity index (χ1n) is 8.94. The molecule has 2 saturated heterocycles. The van der Waals surface area contributed by atoms with E-state index in [9.17, 15) is 4.79 Å². The quantitative estimate of drug-likeness (QED) is 0.897. The molecule has 3 atom stereocenters. The van der Waals surface area contributed by atoms with Gasteiger partial charge in [0, 0.05) is 13.2 Å². The van der Waals surface area contributed by atoms with Gasteiger partial charge in [0.1, 0.15) is 6.10 Å². The summed E-state index contributed by atoms with van der Waals surface area (Å²) >= 11 is 0. The second kappa shape index (κ2) is 8.10. The second-order valence-corrected chi connectivity index (χ2v) is 6.84. The van der Waals surface area contributed by atoms with E-state index < -0.39 is 0 Å². The van der Waals surface area contributed by atoms with Crippen LogP contribution in [-0.2, 0) is 14.3 Å². The minimum absolute atomic E-state index is 0.0375. The molecule has 0 aliphatic carbocycles. The van der Waals surface area contributed by atoms with Crippen LogP contribution in [0, 0.1) is 6.92 Å². The number of rotatable bonds is 5. The molecule has 5 heteroatoms. The first-order chi connectivity index (χ1) is 11.6. The van der Waals surface area contributed by atoms with Gasteiger partial charge in [0.05, 0.1) is 31.8 Å². The van der Waals surface area contributed by atoms with E-state index in [1.165, 1.54) is 11.1 Å². The number of ether oxygens (including phenoxy) is 2. The van der Waals surface area contributed by atoms with Crippen molar-refractivity contribution in [3.63, 3.8) is 0 Å². The third-order valence-corrected chi connectivity index (χ3v) is 4.96. The van der Waals surface area contributed by atoms with Gasteiger partial charge in [0.15, 0.2) is 0 Å². The number of hydrogen-bond acceptors (Lipinski definition) is 4. The summed E-state index contributed by atoms with van der Waals surface area (Å²) in [5, 5.41) is 3.25. The van der Waals surface area contributed by atoms with Crippen LogP contribution in [0.3, 0.4) is 0 Å². The van der Waals surface area contributed by atoms with Gasteiger partial charge in [0.25, 0.3) is 0 Å². The van der Waals surface area contributed by atoms with Crippen LogP contribution in [0.4, 0.5) is 0 Å². The summed E-state index contributed by atoms with van der Waals surface area (Å²) in [6, 6.07) is 8.35. The molecule has 3 rings (SSSR count). The molecule has 1 amide bonds. The van der Waals surface area contributed by atoms with E-state index in [0.29, 0.717) is 19.7 Å². The highest BCUT2D eigenvalue weighted by Crippen LogP contribution is 2.27. The number of amides is 1. The standard InChI is InChI=1S/C19H28N2O3/c1-14-6-3-4-8-17(14)18-12-21(15(2)13-24-18)19(22)11-20-10-16-7-5-9-23-16/h3-4,6,8,15-16,18,20H,5,7,9-13H2,1-2H3. The van der Waals surface area contributed by atoms with Crippen LogP contribution in [0.5, 0.6) is 0 Å². The third-order valence-electron chi connectivity index (χ3n) is 4.96. The average molecular weight is 332 g/mol. The molecule has 2 aliphatic heterocycles. The topological polar surface area (TPSA) is 50.8 Å². The van der Waals surface area contributed by atoms with E-state index in [2.05, 4.69) is 24.4 Å². The van der Waals surface area contributed by atoms with Gasteiger partial charge >= 0.3 is 0 Å². The highest BCUT2D eigenvalue weighted by atomic mass is 16.5. The molecule has 5 nitrogen and oxygen atoms in total. The maximum absolute atomic E-state index is 12.6. The number of carbonyl (C=O) groups excluding carboxylic acids is 1. The lowest BCUT2D eigenvalue weighted by atomic mass is 10.0. The van der Waals surface area contributed by atoms with E-state index in [0.717, 1.165) is 26.0 Å². The van der Waals surface area contributed by atoms with Crippen molar-refractivity contribution in [1.29, 1.82) is 0 Å². The molecule has 1 aromatic carbocycles. The molecule has 0 bridgehead atoms. The van der Waals surface area contributed by atoms with Crippen molar-refractivity contribution in [2.24, 2.45) is 0 Å². The number of morpholine rings is 1. The molecule has 24 heavy (non-hydrogen) atoms. The Kier molecular flexibility index (Phi) is 5.87. The van der Waals surface area contributed by atoms with Gasteiger partial charge < -0.3 is 19.7 Å². The fraction of sp³-hybridized carbons (Fsp3) is 0.632. The zero-order chi connectivity index (χ0) is 16.9. The number of aryl methyl sites for hydroxylation is 1. The van der Waals surface area contributed by atoms with Crippen molar-refractivity contribution < 1.29 is 14.3 Å².